The SMILES string of the molecule is CC1=C(C(=O)Nc2ccc3cnccc3c2)C(c2ccc(C(F)(F)F)c(F)c2)n2nc(C(=O)N(C)CCN3CCOCC3)cc2N1. The van der Waals surface area contributed by atoms with E-state index in [4.69, 9.17) is 4.74 Å². The Morgan fingerprint density at radius 3 is 2.61 bits per heavy atom. The molecule has 0 aliphatic carbocycles. The van der Waals surface area contributed by atoms with Crippen molar-refractivity contribution in [2.45, 2.75) is 19.1 Å². The highest BCUT2D eigenvalue weighted by Gasteiger charge is 2.38. The van der Waals surface area contributed by atoms with Crippen molar-refractivity contribution in [3.05, 3.63) is 94.8 Å². The van der Waals surface area contributed by atoms with Gasteiger partial charge in [0.05, 0.1) is 24.4 Å². The molecule has 1 fully saturated rings. The second kappa shape index (κ2) is 12.5. The number of benzene rings is 2. The Balaban J connectivity index is 1.33. The van der Waals surface area contributed by atoms with Crippen LogP contribution in [0, 0.1) is 5.82 Å². The van der Waals surface area contributed by atoms with Gasteiger partial charge in [0.2, 0.25) is 0 Å². The molecule has 0 radical (unpaired) electrons. The molecule has 1 saturated heterocycles. The zero-order valence-corrected chi connectivity index (χ0v) is 25.1. The van der Waals surface area contributed by atoms with Gasteiger partial charge in [-0.05, 0) is 48.2 Å². The number of hydrogen-bond acceptors (Lipinski definition) is 7. The predicted octanol–water partition coefficient (Wildman–Crippen LogP) is 4.92. The zero-order chi connectivity index (χ0) is 32.6. The molecule has 2 N–H and O–H groups in total. The highest BCUT2D eigenvalue weighted by atomic mass is 19.4. The zero-order valence-electron chi connectivity index (χ0n) is 25.1. The van der Waals surface area contributed by atoms with Crippen LogP contribution in [0.25, 0.3) is 10.8 Å². The number of nitrogens with zero attached hydrogens (tertiary/aromatic N) is 5. The molecular formula is C32H31F4N7O3. The van der Waals surface area contributed by atoms with Gasteiger partial charge in [0.15, 0.2) is 5.69 Å². The number of halogens is 4. The fourth-order valence-electron chi connectivity index (χ4n) is 5.68. The summed E-state index contributed by atoms with van der Waals surface area (Å²) in [4.78, 5) is 35.1. The second-order valence-electron chi connectivity index (χ2n) is 11.2. The number of morpholine rings is 1. The van der Waals surface area contributed by atoms with Crippen molar-refractivity contribution in [1.82, 2.24) is 24.6 Å². The van der Waals surface area contributed by atoms with Crippen LogP contribution < -0.4 is 10.6 Å². The van der Waals surface area contributed by atoms with E-state index in [9.17, 15) is 27.2 Å². The number of fused-ring (bicyclic) bond motifs is 2. The molecular weight excluding hydrogens is 606 g/mol. The quantitative estimate of drug-likeness (QED) is 0.277. The number of carbonyl (C=O) groups is 2. The van der Waals surface area contributed by atoms with Crippen LogP contribution in [-0.4, -0.2) is 82.8 Å². The fourth-order valence-corrected chi connectivity index (χ4v) is 5.68. The van der Waals surface area contributed by atoms with E-state index in [1.54, 1.807) is 50.6 Å². The normalized spacial score (nSPS) is 17.0. The summed E-state index contributed by atoms with van der Waals surface area (Å²) in [5, 5.41) is 12.1. The third-order valence-electron chi connectivity index (χ3n) is 8.15. The fraction of sp³-hybridized carbons (Fsp3) is 0.312. The van der Waals surface area contributed by atoms with Crippen molar-refractivity contribution < 1.29 is 31.9 Å². The van der Waals surface area contributed by atoms with Crippen LogP contribution in [0.1, 0.15) is 34.6 Å². The van der Waals surface area contributed by atoms with Crippen LogP contribution in [-0.2, 0) is 15.7 Å². The molecule has 1 atom stereocenters. The average molecular weight is 638 g/mol. The van der Waals surface area contributed by atoms with Crippen molar-refractivity contribution in [2.24, 2.45) is 0 Å². The van der Waals surface area contributed by atoms with Crippen molar-refractivity contribution in [2.75, 3.05) is 57.1 Å². The van der Waals surface area contributed by atoms with E-state index in [2.05, 4.69) is 25.6 Å². The molecule has 6 rings (SSSR count). The number of anilines is 2. The molecule has 2 aliphatic heterocycles. The molecule has 46 heavy (non-hydrogen) atoms. The Labute approximate surface area is 261 Å². The predicted molar refractivity (Wildman–Crippen MR) is 163 cm³/mol. The number of rotatable bonds is 7. The summed E-state index contributed by atoms with van der Waals surface area (Å²) >= 11 is 0. The molecule has 14 heteroatoms. The van der Waals surface area contributed by atoms with Gasteiger partial charge in [-0.1, -0.05) is 12.1 Å². The largest absolute Gasteiger partial charge is 0.419 e. The third kappa shape index (κ3) is 6.30. The maximum absolute atomic E-state index is 14.9. The number of amides is 2. The number of aromatic nitrogens is 3. The van der Waals surface area contributed by atoms with Crippen molar-refractivity contribution in [1.29, 1.82) is 0 Å². The van der Waals surface area contributed by atoms with Gasteiger partial charge in [-0.3, -0.25) is 19.5 Å². The molecule has 4 heterocycles. The Morgan fingerprint density at radius 2 is 1.87 bits per heavy atom. The monoisotopic (exact) mass is 637 g/mol. The third-order valence-corrected chi connectivity index (χ3v) is 8.15. The number of alkyl halides is 3. The minimum absolute atomic E-state index is 0.0464. The Bertz CT molecular complexity index is 1830. The number of likely N-dealkylation sites (N-methyl/N-ethyl adjacent to an activating group) is 1. The molecule has 2 aliphatic rings. The van der Waals surface area contributed by atoms with Gasteiger partial charge < -0.3 is 20.3 Å². The maximum Gasteiger partial charge on any atom is 0.419 e. The molecule has 0 saturated carbocycles. The van der Waals surface area contributed by atoms with Gasteiger partial charge in [0.1, 0.15) is 17.7 Å². The van der Waals surface area contributed by atoms with Gasteiger partial charge >= 0.3 is 6.18 Å². The Morgan fingerprint density at radius 1 is 1.09 bits per heavy atom. The summed E-state index contributed by atoms with van der Waals surface area (Å²) in [7, 11) is 1.65. The average Bonchev–Trinajstić information content (AvgIpc) is 3.45. The summed E-state index contributed by atoms with van der Waals surface area (Å²) in [5.74, 6) is -2.14. The Hall–Kier alpha value is -4.82. The number of hydrogen-bond donors (Lipinski definition) is 2. The highest BCUT2D eigenvalue weighted by molar-refractivity contribution is 6.07. The minimum Gasteiger partial charge on any atom is -0.379 e. The van der Waals surface area contributed by atoms with Crippen LogP contribution >= 0.6 is 0 Å². The molecule has 2 amide bonds. The summed E-state index contributed by atoms with van der Waals surface area (Å²) in [6, 6.07) is 9.91. The first-order valence-electron chi connectivity index (χ1n) is 14.6. The van der Waals surface area contributed by atoms with Crippen molar-refractivity contribution in [3.63, 3.8) is 0 Å². The molecule has 0 spiro atoms. The first-order chi connectivity index (χ1) is 22.0. The van der Waals surface area contributed by atoms with E-state index in [0.717, 1.165) is 36.0 Å². The van der Waals surface area contributed by atoms with Gasteiger partial charge in [-0.25, -0.2) is 9.07 Å². The number of carbonyl (C=O) groups excluding carboxylic acids is 2. The van der Waals surface area contributed by atoms with Crippen LogP contribution in [0.3, 0.4) is 0 Å². The lowest BCUT2D eigenvalue weighted by atomic mass is 9.93. The van der Waals surface area contributed by atoms with Gasteiger partial charge in [-0.2, -0.15) is 18.3 Å². The lowest BCUT2D eigenvalue weighted by Crippen LogP contribution is -2.42. The first kappa shape index (κ1) is 31.2. The summed E-state index contributed by atoms with van der Waals surface area (Å²) in [6.07, 6.45) is -1.60. The smallest absolute Gasteiger partial charge is 0.379 e. The number of allylic oxidation sites excluding steroid dienone is 1. The Kier molecular flexibility index (Phi) is 8.49. The maximum atomic E-state index is 14.9. The summed E-state index contributed by atoms with van der Waals surface area (Å²) in [5.41, 5.74) is -0.414. The van der Waals surface area contributed by atoms with E-state index < -0.39 is 29.5 Å². The van der Waals surface area contributed by atoms with Gasteiger partial charge in [-0.15, -0.1) is 0 Å². The molecule has 240 valence electrons. The minimum atomic E-state index is -4.91. The molecule has 2 aromatic carbocycles. The van der Waals surface area contributed by atoms with E-state index in [1.807, 2.05) is 0 Å². The van der Waals surface area contributed by atoms with Crippen LogP contribution in [0.2, 0.25) is 0 Å². The van der Waals surface area contributed by atoms with Crippen molar-refractivity contribution >= 4 is 34.1 Å². The van der Waals surface area contributed by atoms with Crippen molar-refractivity contribution in [3.8, 4) is 0 Å². The van der Waals surface area contributed by atoms with Crippen LogP contribution in [0.5, 0.6) is 0 Å². The summed E-state index contributed by atoms with van der Waals surface area (Å²) < 4.78 is 61.9. The van der Waals surface area contributed by atoms with E-state index in [0.29, 0.717) is 49.6 Å². The molecule has 4 aromatic rings. The molecule has 2 aromatic heterocycles. The lowest BCUT2D eigenvalue weighted by Gasteiger charge is -2.30. The van der Waals surface area contributed by atoms with Gasteiger partial charge in [0, 0.05) is 68.5 Å². The standard InChI is InChI=1S/C32H31F4N7O3/c1-19-28(30(44)39-23-5-3-22-18-37-8-7-20(22)15-23)29(21-4-6-24(25(33)16-21)32(34,35)36)43-27(38-19)17-26(40-43)31(45)41(2)9-10-42-11-13-46-14-12-42/h3-8,15-18,29,38H,9-14H2,1-2H3,(H,39,44). The molecule has 1 unspecified atom stereocenters. The molecule has 0 bridgehead atoms. The number of ether oxygens (including phenoxy) is 1. The second-order valence-corrected chi connectivity index (χ2v) is 11.2. The van der Waals surface area contributed by atoms with Gasteiger partial charge in [0.25, 0.3) is 11.8 Å². The highest BCUT2D eigenvalue weighted by Crippen LogP contribution is 2.39. The molecule has 10 nitrogen and oxygen atoms in total. The van der Waals surface area contributed by atoms with E-state index in [-0.39, 0.29) is 22.7 Å². The topological polar surface area (TPSA) is 105 Å². The lowest BCUT2D eigenvalue weighted by molar-refractivity contribution is -0.140. The number of pyridine rings is 1. The van der Waals surface area contributed by atoms with E-state index >= 15 is 0 Å². The van der Waals surface area contributed by atoms with E-state index in [1.165, 1.54) is 15.6 Å². The van der Waals surface area contributed by atoms with Crippen LogP contribution in [0.4, 0.5) is 29.1 Å². The summed E-state index contributed by atoms with van der Waals surface area (Å²) in [6.45, 7) is 5.48. The first-order valence-corrected chi connectivity index (χ1v) is 14.6. The van der Waals surface area contributed by atoms with Crippen LogP contribution in [0.15, 0.2) is 72.2 Å². The number of nitrogens with one attached hydrogen (secondary N) is 2.